The van der Waals surface area contributed by atoms with E-state index in [9.17, 15) is 0 Å². The van der Waals surface area contributed by atoms with Gasteiger partial charge in [0.25, 0.3) is 0 Å². The maximum atomic E-state index is 4.57. The maximum Gasteiger partial charge on any atom is 0.0956 e. The van der Waals surface area contributed by atoms with Crippen molar-refractivity contribution in [2.75, 3.05) is 0 Å². The number of aryl methyl sites for hydroxylation is 1. The summed E-state index contributed by atoms with van der Waals surface area (Å²) in [4.78, 5) is 5.91. The number of thiol groups is 1. The molecule has 0 bridgehead atoms. The second kappa shape index (κ2) is 4.28. The van der Waals surface area contributed by atoms with Crippen LogP contribution in [0.1, 0.15) is 42.3 Å². The molecule has 1 aromatic heterocycles. The van der Waals surface area contributed by atoms with Crippen molar-refractivity contribution in [3.63, 3.8) is 0 Å². The van der Waals surface area contributed by atoms with Crippen molar-refractivity contribution >= 4 is 24.0 Å². The summed E-state index contributed by atoms with van der Waals surface area (Å²) in [5, 5.41) is 1.25. The second-order valence-corrected chi connectivity index (χ2v) is 4.52. The molecule has 0 amide bonds. The molecule has 0 aromatic carbocycles. The molecule has 0 saturated heterocycles. The summed E-state index contributed by atoms with van der Waals surface area (Å²) in [7, 11) is 0. The number of nitrogens with zero attached hydrogens (tertiary/aromatic N) is 1. The van der Waals surface area contributed by atoms with Crippen LogP contribution in [0.3, 0.4) is 0 Å². The van der Waals surface area contributed by atoms with Gasteiger partial charge in [-0.3, -0.25) is 0 Å². The normalized spacial score (nSPS) is 11.1. The Hall–Kier alpha value is -0.0200. The van der Waals surface area contributed by atoms with Crippen molar-refractivity contribution in [2.24, 2.45) is 0 Å². The Labute approximate surface area is 83.6 Å². The van der Waals surface area contributed by atoms with Crippen LogP contribution in [0, 0.1) is 0 Å². The lowest BCUT2D eigenvalue weighted by Gasteiger charge is -1.95. The Morgan fingerprint density at radius 3 is 2.50 bits per heavy atom. The van der Waals surface area contributed by atoms with Crippen LogP contribution < -0.4 is 0 Å². The highest BCUT2D eigenvalue weighted by molar-refractivity contribution is 7.79. The minimum atomic E-state index is 0.550. The van der Waals surface area contributed by atoms with E-state index in [1.807, 2.05) is 0 Å². The average molecular weight is 201 g/mol. The van der Waals surface area contributed by atoms with Gasteiger partial charge < -0.3 is 0 Å². The molecule has 1 heterocycles. The van der Waals surface area contributed by atoms with Gasteiger partial charge in [0, 0.05) is 16.5 Å². The molecule has 1 nitrogen and oxygen atoms in total. The fourth-order valence-corrected chi connectivity index (χ4v) is 2.44. The van der Waals surface area contributed by atoms with Gasteiger partial charge >= 0.3 is 0 Å². The Balaban J connectivity index is 2.97. The van der Waals surface area contributed by atoms with Gasteiger partial charge in [-0.15, -0.1) is 11.3 Å². The fourth-order valence-electron chi connectivity index (χ4n) is 1.05. The molecular weight excluding hydrogens is 186 g/mol. The van der Waals surface area contributed by atoms with Gasteiger partial charge in [-0.1, -0.05) is 20.8 Å². The lowest BCUT2D eigenvalue weighted by molar-refractivity contribution is 0.839. The van der Waals surface area contributed by atoms with Gasteiger partial charge in [0.1, 0.15) is 0 Å². The van der Waals surface area contributed by atoms with Crippen molar-refractivity contribution < 1.29 is 0 Å². The molecule has 0 N–H and O–H groups in total. The third-order valence-corrected chi connectivity index (χ3v) is 3.70. The molecule has 0 saturated carbocycles. The largest absolute Gasteiger partial charge is 0.246 e. The molecule has 0 aliphatic carbocycles. The van der Waals surface area contributed by atoms with Crippen LogP contribution in [-0.2, 0) is 12.2 Å². The van der Waals surface area contributed by atoms with Crippen molar-refractivity contribution in [2.45, 2.75) is 38.9 Å². The van der Waals surface area contributed by atoms with Crippen LogP contribution in [0.5, 0.6) is 0 Å². The van der Waals surface area contributed by atoms with E-state index < -0.39 is 0 Å². The summed E-state index contributed by atoms with van der Waals surface area (Å²) in [6.07, 6.45) is 1.03. The van der Waals surface area contributed by atoms with Crippen LogP contribution in [0.25, 0.3) is 0 Å². The van der Waals surface area contributed by atoms with E-state index in [2.05, 4.69) is 38.4 Å². The van der Waals surface area contributed by atoms with Gasteiger partial charge in [0.2, 0.25) is 0 Å². The highest BCUT2D eigenvalue weighted by atomic mass is 32.1. The third-order valence-electron chi connectivity index (χ3n) is 1.77. The van der Waals surface area contributed by atoms with Crippen LogP contribution >= 0.6 is 24.0 Å². The highest BCUT2D eigenvalue weighted by Gasteiger charge is 2.10. The number of aromatic nitrogens is 1. The molecule has 3 heteroatoms. The number of hydrogen-bond donors (Lipinski definition) is 1. The van der Waals surface area contributed by atoms with Gasteiger partial charge in [0.05, 0.1) is 10.7 Å². The summed E-state index contributed by atoms with van der Waals surface area (Å²) in [5.41, 5.74) is 1.23. The maximum absolute atomic E-state index is 4.57. The van der Waals surface area contributed by atoms with E-state index in [1.54, 1.807) is 11.3 Å². The molecule has 0 spiro atoms. The molecule has 1 aromatic rings. The lowest BCUT2D eigenvalue weighted by Crippen LogP contribution is -1.88. The monoisotopic (exact) mass is 201 g/mol. The first-order valence-corrected chi connectivity index (χ1v) is 5.73. The molecule has 0 unspecified atom stereocenters. The van der Waals surface area contributed by atoms with E-state index in [-0.39, 0.29) is 0 Å². The predicted molar refractivity (Wildman–Crippen MR) is 58.3 cm³/mol. The first-order chi connectivity index (χ1) is 5.69. The second-order valence-electron chi connectivity index (χ2n) is 3.09. The summed E-state index contributed by atoms with van der Waals surface area (Å²) in [6, 6.07) is 0. The quantitative estimate of drug-likeness (QED) is 0.741. The molecular formula is C9H15NS2. The minimum Gasteiger partial charge on any atom is -0.246 e. The molecule has 0 atom stereocenters. The first kappa shape index (κ1) is 10.1. The Morgan fingerprint density at radius 1 is 1.50 bits per heavy atom. The summed E-state index contributed by atoms with van der Waals surface area (Å²) in [6.45, 7) is 6.51. The van der Waals surface area contributed by atoms with Crippen molar-refractivity contribution in [1.82, 2.24) is 4.98 Å². The third kappa shape index (κ3) is 2.02. The zero-order chi connectivity index (χ0) is 9.14. The van der Waals surface area contributed by atoms with E-state index in [0.29, 0.717) is 5.92 Å². The van der Waals surface area contributed by atoms with Crippen molar-refractivity contribution in [3.05, 3.63) is 15.6 Å². The van der Waals surface area contributed by atoms with Gasteiger partial charge in [0.15, 0.2) is 0 Å². The number of hydrogen-bond acceptors (Lipinski definition) is 3. The number of thiazole rings is 1. The molecule has 68 valence electrons. The molecule has 12 heavy (non-hydrogen) atoms. The van der Waals surface area contributed by atoms with Crippen LogP contribution in [0.2, 0.25) is 0 Å². The van der Waals surface area contributed by atoms with Gasteiger partial charge in [-0.25, -0.2) is 4.98 Å². The SMILES string of the molecule is CCc1nc(C(C)C)sc1CS. The molecule has 0 aliphatic rings. The molecule has 0 radical (unpaired) electrons. The summed E-state index contributed by atoms with van der Waals surface area (Å²) >= 11 is 6.09. The smallest absolute Gasteiger partial charge is 0.0956 e. The van der Waals surface area contributed by atoms with Crippen molar-refractivity contribution in [3.8, 4) is 0 Å². The van der Waals surface area contributed by atoms with Crippen LogP contribution in [0.4, 0.5) is 0 Å². The summed E-state index contributed by atoms with van der Waals surface area (Å²) < 4.78 is 0. The Bertz CT molecular complexity index is 232. The zero-order valence-corrected chi connectivity index (χ0v) is 9.51. The first-order valence-electron chi connectivity index (χ1n) is 4.28. The molecule has 1 rings (SSSR count). The van der Waals surface area contributed by atoms with E-state index in [4.69, 9.17) is 0 Å². The molecule has 0 aliphatic heterocycles. The minimum absolute atomic E-state index is 0.550. The Kier molecular flexibility index (Phi) is 3.59. The fraction of sp³-hybridized carbons (Fsp3) is 0.667. The zero-order valence-electron chi connectivity index (χ0n) is 7.79. The van der Waals surface area contributed by atoms with Crippen molar-refractivity contribution in [1.29, 1.82) is 0 Å². The van der Waals surface area contributed by atoms with Gasteiger partial charge in [-0.05, 0) is 6.42 Å². The van der Waals surface area contributed by atoms with Gasteiger partial charge in [-0.2, -0.15) is 12.6 Å². The average Bonchev–Trinajstić information content (AvgIpc) is 2.46. The van der Waals surface area contributed by atoms with Crippen LogP contribution in [0.15, 0.2) is 0 Å². The van der Waals surface area contributed by atoms with E-state index >= 15 is 0 Å². The highest BCUT2D eigenvalue weighted by Crippen LogP contribution is 2.26. The summed E-state index contributed by atoms with van der Waals surface area (Å²) in [5.74, 6) is 1.38. The standard InChI is InChI=1S/C9H15NS2/c1-4-7-8(5-11)12-9(10-7)6(2)3/h6,11H,4-5H2,1-3H3. The van der Waals surface area contributed by atoms with Crippen LogP contribution in [-0.4, -0.2) is 4.98 Å². The molecule has 0 fully saturated rings. The van der Waals surface area contributed by atoms with E-state index in [1.165, 1.54) is 15.6 Å². The topological polar surface area (TPSA) is 12.9 Å². The number of rotatable bonds is 3. The lowest BCUT2D eigenvalue weighted by atomic mass is 10.2. The predicted octanol–water partition coefficient (Wildman–Crippen LogP) is 3.26. The van der Waals surface area contributed by atoms with E-state index in [0.717, 1.165) is 12.2 Å². The Morgan fingerprint density at radius 2 is 2.17 bits per heavy atom.